The summed E-state index contributed by atoms with van der Waals surface area (Å²) >= 11 is 6.56. The molecule has 0 amide bonds. The molecule has 0 heterocycles. The molecule has 0 radical (unpaired) electrons. The Labute approximate surface area is 224 Å². The van der Waals surface area contributed by atoms with E-state index in [-0.39, 0.29) is 18.4 Å². The zero-order valence-electron chi connectivity index (χ0n) is 22.9. The molecule has 210 valence electrons. The number of methoxy groups -OCH3 is 1. The molecule has 0 aromatic heterocycles. The molecule has 1 rings (SSSR count). The van der Waals surface area contributed by atoms with Gasteiger partial charge in [0.2, 0.25) is 0 Å². The van der Waals surface area contributed by atoms with Crippen LogP contribution in [0.4, 0.5) is 0 Å². The summed E-state index contributed by atoms with van der Waals surface area (Å²) in [5.74, 6) is -2.81. The number of aliphatic hydroxyl groups is 2. The molecule has 1 aliphatic carbocycles. The van der Waals surface area contributed by atoms with Gasteiger partial charge in [0, 0.05) is 37.5 Å². The number of hydrogen-bond acceptors (Lipinski definition) is 9. The van der Waals surface area contributed by atoms with Crippen LogP contribution in [0.25, 0.3) is 0 Å². The van der Waals surface area contributed by atoms with Gasteiger partial charge in [0.1, 0.15) is 17.8 Å². The third-order valence-electron chi connectivity index (χ3n) is 6.92. The normalized spacial score (nSPS) is 29.1. The number of allylic oxidation sites excluding steroid dienone is 2. The maximum Gasteiger partial charge on any atom is 0.333 e. The van der Waals surface area contributed by atoms with Crippen molar-refractivity contribution in [2.24, 2.45) is 5.92 Å². The van der Waals surface area contributed by atoms with Gasteiger partial charge in [-0.2, -0.15) is 0 Å². The fourth-order valence-electron chi connectivity index (χ4n) is 3.95. The van der Waals surface area contributed by atoms with Gasteiger partial charge in [-0.05, 0) is 53.5 Å². The highest BCUT2D eigenvalue weighted by atomic mass is 35.5. The lowest BCUT2D eigenvalue weighted by molar-refractivity contribution is -0.203. The minimum absolute atomic E-state index is 0.0601. The van der Waals surface area contributed by atoms with E-state index < -0.39 is 65.3 Å². The smallest absolute Gasteiger partial charge is 0.333 e. The van der Waals surface area contributed by atoms with Crippen molar-refractivity contribution in [2.45, 2.75) is 103 Å². The predicted molar refractivity (Wildman–Crippen MR) is 139 cm³/mol. The van der Waals surface area contributed by atoms with Crippen molar-refractivity contribution in [1.82, 2.24) is 0 Å². The standard InChI is InChI=1S/C27H41ClO9/c1-10-14(3)25(31)36-21(13-20(30)17(6)34-9)16(5)19-12-22(28)27(8,33)24(35-18(7)29)23(19)37-26(32)15(4)11-2/h10-11,17,19-24,30,33H,5,12-13H2,1-4,6-9H3/b14-10-,15-11-/t17?,19-,20-,21+,22+,23+,24+,27-/m0/s1. The molecule has 2 N–H and O–H groups in total. The highest BCUT2D eigenvalue weighted by molar-refractivity contribution is 6.21. The number of esters is 3. The Bertz CT molecular complexity index is 908. The van der Waals surface area contributed by atoms with Crippen molar-refractivity contribution >= 4 is 29.5 Å². The maximum atomic E-state index is 12.8. The number of carbonyl (C=O) groups is 3. The van der Waals surface area contributed by atoms with E-state index in [0.717, 1.165) is 0 Å². The molecule has 1 unspecified atom stereocenters. The van der Waals surface area contributed by atoms with Gasteiger partial charge in [0.15, 0.2) is 6.10 Å². The Balaban J connectivity index is 3.57. The minimum atomic E-state index is -1.75. The average molecular weight is 545 g/mol. The van der Waals surface area contributed by atoms with Crippen molar-refractivity contribution in [3.63, 3.8) is 0 Å². The van der Waals surface area contributed by atoms with E-state index in [9.17, 15) is 24.6 Å². The third-order valence-corrected chi connectivity index (χ3v) is 7.54. The zero-order chi connectivity index (χ0) is 28.7. The minimum Gasteiger partial charge on any atom is -0.455 e. The molecule has 10 heteroatoms. The largest absolute Gasteiger partial charge is 0.455 e. The zero-order valence-corrected chi connectivity index (χ0v) is 23.7. The number of halogens is 1. The molecule has 0 aliphatic heterocycles. The second-order valence-corrected chi connectivity index (χ2v) is 10.1. The van der Waals surface area contributed by atoms with Gasteiger partial charge in [-0.15, -0.1) is 11.6 Å². The number of alkyl halides is 1. The number of ether oxygens (including phenoxy) is 4. The first-order valence-electron chi connectivity index (χ1n) is 12.2. The Kier molecular flexibility index (Phi) is 12.5. The summed E-state index contributed by atoms with van der Waals surface area (Å²) in [4.78, 5) is 37.4. The van der Waals surface area contributed by atoms with Crippen molar-refractivity contribution in [3.8, 4) is 0 Å². The quantitative estimate of drug-likeness (QED) is 0.132. The summed E-state index contributed by atoms with van der Waals surface area (Å²) in [6.45, 7) is 14.9. The van der Waals surface area contributed by atoms with Gasteiger partial charge in [0.05, 0.1) is 17.6 Å². The fourth-order valence-corrected chi connectivity index (χ4v) is 4.26. The Hall–Kier alpha value is -2.20. The second kappa shape index (κ2) is 14.1. The van der Waals surface area contributed by atoms with Crippen molar-refractivity contribution in [3.05, 3.63) is 35.5 Å². The Morgan fingerprint density at radius 1 is 1.11 bits per heavy atom. The van der Waals surface area contributed by atoms with Crippen molar-refractivity contribution in [1.29, 1.82) is 0 Å². The first-order valence-corrected chi connectivity index (χ1v) is 12.7. The molecular weight excluding hydrogens is 504 g/mol. The van der Waals surface area contributed by atoms with E-state index in [0.29, 0.717) is 11.1 Å². The molecule has 0 aromatic carbocycles. The van der Waals surface area contributed by atoms with Crippen LogP contribution in [0.15, 0.2) is 35.5 Å². The average Bonchev–Trinajstić information content (AvgIpc) is 2.85. The van der Waals surface area contributed by atoms with Gasteiger partial charge in [-0.1, -0.05) is 18.7 Å². The number of rotatable bonds is 11. The maximum absolute atomic E-state index is 12.8. The fraction of sp³-hybridized carbons (Fsp3) is 0.667. The Morgan fingerprint density at radius 2 is 1.65 bits per heavy atom. The summed E-state index contributed by atoms with van der Waals surface area (Å²) in [6, 6.07) is 0. The predicted octanol–water partition coefficient (Wildman–Crippen LogP) is 3.39. The van der Waals surface area contributed by atoms with Gasteiger partial charge in [-0.25, -0.2) is 9.59 Å². The second-order valence-electron chi connectivity index (χ2n) is 9.59. The molecule has 0 aromatic rings. The first kappa shape index (κ1) is 32.8. The molecule has 0 spiro atoms. The van der Waals surface area contributed by atoms with Gasteiger partial charge in [0.25, 0.3) is 0 Å². The molecule has 0 bridgehead atoms. The van der Waals surface area contributed by atoms with E-state index in [1.54, 1.807) is 46.8 Å². The SMILES string of the molecule is C=C([C@@H](C[C@H](O)C(C)OC)OC(=O)/C(C)=C\C)[C@@H]1C[C@@H](Cl)[C@](C)(O)[C@H](OC(C)=O)[C@@H]1OC(=O)/C(C)=C\C. The summed E-state index contributed by atoms with van der Waals surface area (Å²) < 4.78 is 22.1. The van der Waals surface area contributed by atoms with Crippen LogP contribution in [0.2, 0.25) is 0 Å². The van der Waals surface area contributed by atoms with Crippen LogP contribution in [0, 0.1) is 5.92 Å². The summed E-state index contributed by atoms with van der Waals surface area (Å²) in [5, 5.41) is 20.9. The molecular formula is C27H41ClO9. The van der Waals surface area contributed by atoms with Gasteiger partial charge < -0.3 is 29.2 Å². The van der Waals surface area contributed by atoms with Crippen LogP contribution < -0.4 is 0 Å². The van der Waals surface area contributed by atoms with Crippen molar-refractivity contribution in [2.75, 3.05) is 7.11 Å². The molecule has 9 nitrogen and oxygen atoms in total. The van der Waals surface area contributed by atoms with Crippen LogP contribution in [-0.2, 0) is 33.3 Å². The van der Waals surface area contributed by atoms with Gasteiger partial charge in [-0.3, -0.25) is 4.79 Å². The van der Waals surface area contributed by atoms with E-state index >= 15 is 0 Å². The first-order chi connectivity index (χ1) is 17.1. The monoisotopic (exact) mass is 544 g/mol. The molecule has 8 atom stereocenters. The van der Waals surface area contributed by atoms with Crippen LogP contribution in [0.5, 0.6) is 0 Å². The van der Waals surface area contributed by atoms with Crippen molar-refractivity contribution < 1.29 is 43.5 Å². The van der Waals surface area contributed by atoms with Crippen LogP contribution in [0.3, 0.4) is 0 Å². The summed E-state index contributed by atoms with van der Waals surface area (Å²) in [6.07, 6.45) is -2.04. The summed E-state index contributed by atoms with van der Waals surface area (Å²) in [5.41, 5.74) is -0.821. The third kappa shape index (κ3) is 8.40. The molecule has 37 heavy (non-hydrogen) atoms. The van der Waals surface area contributed by atoms with E-state index in [4.69, 9.17) is 30.5 Å². The highest BCUT2D eigenvalue weighted by Crippen LogP contribution is 2.44. The van der Waals surface area contributed by atoms with Crippen LogP contribution in [0.1, 0.15) is 61.3 Å². The molecule has 1 saturated carbocycles. The number of hydrogen-bond donors (Lipinski definition) is 2. The van der Waals surface area contributed by atoms with Crippen LogP contribution >= 0.6 is 11.6 Å². The lowest BCUT2D eigenvalue weighted by Crippen LogP contribution is -2.63. The molecule has 1 fully saturated rings. The number of aliphatic hydroxyl groups excluding tert-OH is 1. The lowest BCUT2D eigenvalue weighted by atomic mass is 9.71. The topological polar surface area (TPSA) is 129 Å². The van der Waals surface area contributed by atoms with E-state index in [2.05, 4.69) is 6.58 Å². The number of carbonyl (C=O) groups excluding carboxylic acids is 3. The van der Waals surface area contributed by atoms with Gasteiger partial charge >= 0.3 is 17.9 Å². The Morgan fingerprint density at radius 3 is 2.14 bits per heavy atom. The van der Waals surface area contributed by atoms with Crippen LogP contribution in [-0.4, -0.2) is 76.7 Å². The lowest BCUT2D eigenvalue weighted by Gasteiger charge is -2.48. The van der Waals surface area contributed by atoms with E-state index in [1.807, 2.05) is 0 Å². The molecule has 0 saturated heterocycles. The summed E-state index contributed by atoms with van der Waals surface area (Å²) in [7, 11) is 1.44. The van der Waals surface area contributed by atoms with E-state index in [1.165, 1.54) is 21.0 Å². The highest BCUT2D eigenvalue weighted by Gasteiger charge is 2.56. The molecule has 1 aliphatic rings.